The average molecular weight is 380 g/mol. The van der Waals surface area contributed by atoms with E-state index in [4.69, 9.17) is 23.2 Å². The van der Waals surface area contributed by atoms with E-state index in [2.05, 4.69) is 15.0 Å². The highest BCUT2D eigenvalue weighted by atomic mass is 35.5. The van der Waals surface area contributed by atoms with E-state index in [0.717, 1.165) is 17.6 Å². The summed E-state index contributed by atoms with van der Waals surface area (Å²) in [5.41, 5.74) is 0.901. The van der Waals surface area contributed by atoms with Gasteiger partial charge in [-0.15, -0.1) is 0 Å². The number of anilines is 2. The molecule has 10 heteroatoms. The van der Waals surface area contributed by atoms with Gasteiger partial charge >= 0.3 is 0 Å². The second kappa shape index (κ2) is 6.41. The largest absolute Gasteiger partial charge is 0.321 e. The summed E-state index contributed by atoms with van der Waals surface area (Å²) in [6.07, 6.45) is 1.01. The third-order valence-corrected chi connectivity index (χ3v) is 4.96. The first-order valence-corrected chi connectivity index (χ1v) is 9.34. The minimum atomic E-state index is -3.44. The maximum absolute atomic E-state index is 12.2. The molecule has 22 heavy (non-hydrogen) atoms. The molecule has 0 atom stereocenters. The summed E-state index contributed by atoms with van der Waals surface area (Å²) in [4.78, 5) is 16.5. The molecule has 1 aromatic carbocycles. The maximum atomic E-state index is 12.2. The Morgan fingerprint density at radius 3 is 2.55 bits per heavy atom. The van der Waals surface area contributed by atoms with Crippen LogP contribution in [0, 0.1) is 6.92 Å². The van der Waals surface area contributed by atoms with Crippen LogP contribution >= 0.6 is 34.5 Å². The van der Waals surface area contributed by atoms with Gasteiger partial charge in [0.2, 0.25) is 10.0 Å². The molecule has 2 aromatic rings. The molecule has 0 aliphatic carbocycles. The van der Waals surface area contributed by atoms with Crippen LogP contribution in [0.2, 0.25) is 10.0 Å². The minimum Gasteiger partial charge on any atom is -0.321 e. The first-order valence-electron chi connectivity index (χ1n) is 5.87. The number of hydrogen-bond acceptors (Lipinski definition) is 5. The Balaban J connectivity index is 2.20. The number of hydrogen-bond donors (Lipinski definition) is 2. The van der Waals surface area contributed by atoms with Gasteiger partial charge in [-0.05, 0) is 25.1 Å². The van der Waals surface area contributed by atoms with Crippen molar-refractivity contribution in [1.82, 2.24) is 4.98 Å². The van der Waals surface area contributed by atoms with Crippen LogP contribution in [-0.2, 0) is 10.0 Å². The van der Waals surface area contributed by atoms with Gasteiger partial charge in [-0.1, -0.05) is 34.5 Å². The van der Waals surface area contributed by atoms with Crippen molar-refractivity contribution in [1.29, 1.82) is 0 Å². The lowest BCUT2D eigenvalue weighted by Gasteiger charge is -2.05. The third kappa shape index (κ3) is 4.33. The van der Waals surface area contributed by atoms with Crippen LogP contribution in [0.5, 0.6) is 0 Å². The minimum absolute atomic E-state index is 0.138. The molecule has 0 saturated heterocycles. The second-order valence-corrected chi connectivity index (χ2v) is 7.95. The van der Waals surface area contributed by atoms with Gasteiger partial charge in [0.15, 0.2) is 5.13 Å². The number of aryl methyl sites for hydroxylation is 1. The van der Waals surface area contributed by atoms with Crippen molar-refractivity contribution in [2.24, 2.45) is 0 Å². The predicted octanol–water partition coefficient (Wildman–Crippen LogP) is 3.38. The fraction of sp³-hybridized carbons (Fsp3) is 0.167. The zero-order valence-corrected chi connectivity index (χ0v) is 14.6. The highest BCUT2D eigenvalue weighted by Gasteiger charge is 2.17. The fourth-order valence-corrected chi connectivity index (χ4v) is 3.57. The molecule has 0 radical (unpaired) electrons. The van der Waals surface area contributed by atoms with Gasteiger partial charge < -0.3 is 5.32 Å². The Bertz CT molecular complexity index is 834. The normalized spacial score (nSPS) is 11.3. The SMILES string of the molecule is Cc1nc(NS(C)(=O)=O)sc1C(=O)Nc1ccc(Cl)c(Cl)c1. The number of nitrogens with zero attached hydrogens (tertiary/aromatic N) is 1. The topological polar surface area (TPSA) is 88.2 Å². The van der Waals surface area contributed by atoms with Crippen LogP contribution < -0.4 is 10.0 Å². The van der Waals surface area contributed by atoms with Gasteiger partial charge in [0.25, 0.3) is 5.91 Å². The number of benzene rings is 1. The van der Waals surface area contributed by atoms with Crippen molar-refractivity contribution >= 4 is 61.3 Å². The van der Waals surface area contributed by atoms with Gasteiger partial charge in [-0.25, -0.2) is 13.4 Å². The molecule has 118 valence electrons. The van der Waals surface area contributed by atoms with E-state index in [1.165, 1.54) is 6.07 Å². The van der Waals surface area contributed by atoms with Gasteiger partial charge in [0.1, 0.15) is 4.88 Å². The van der Waals surface area contributed by atoms with Crippen LogP contribution in [-0.4, -0.2) is 25.6 Å². The molecule has 1 heterocycles. The number of carbonyl (C=O) groups excluding carboxylic acids is 1. The molecule has 6 nitrogen and oxygen atoms in total. The molecular weight excluding hydrogens is 369 g/mol. The molecule has 2 rings (SSSR count). The van der Waals surface area contributed by atoms with Crippen molar-refractivity contribution < 1.29 is 13.2 Å². The molecule has 0 aliphatic heterocycles. The summed E-state index contributed by atoms with van der Waals surface area (Å²) >= 11 is 12.6. The molecule has 1 amide bonds. The van der Waals surface area contributed by atoms with Crippen molar-refractivity contribution in [3.63, 3.8) is 0 Å². The number of halogens is 2. The monoisotopic (exact) mass is 379 g/mol. The van der Waals surface area contributed by atoms with E-state index in [0.29, 0.717) is 26.3 Å². The van der Waals surface area contributed by atoms with Crippen LogP contribution in [0.3, 0.4) is 0 Å². The van der Waals surface area contributed by atoms with E-state index in [9.17, 15) is 13.2 Å². The van der Waals surface area contributed by atoms with Crippen LogP contribution in [0.4, 0.5) is 10.8 Å². The quantitative estimate of drug-likeness (QED) is 0.851. The summed E-state index contributed by atoms with van der Waals surface area (Å²) in [5.74, 6) is -0.407. The maximum Gasteiger partial charge on any atom is 0.267 e. The van der Waals surface area contributed by atoms with E-state index in [-0.39, 0.29) is 5.13 Å². The van der Waals surface area contributed by atoms with E-state index in [1.807, 2.05) is 0 Å². The lowest BCUT2D eigenvalue weighted by molar-refractivity contribution is 0.103. The van der Waals surface area contributed by atoms with E-state index in [1.54, 1.807) is 19.1 Å². The number of thiazole rings is 1. The Hall–Kier alpha value is -1.35. The Kier molecular flexibility index (Phi) is 4.96. The zero-order chi connectivity index (χ0) is 16.5. The van der Waals surface area contributed by atoms with Gasteiger partial charge in [-0.2, -0.15) is 0 Å². The number of amides is 1. The zero-order valence-electron chi connectivity index (χ0n) is 11.5. The molecular formula is C12H11Cl2N3O3S2. The molecule has 1 aromatic heterocycles. The van der Waals surface area contributed by atoms with Crippen LogP contribution in [0.15, 0.2) is 18.2 Å². The molecule has 0 unspecified atom stereocenters. The molecule has 0 saturated carbocycles. The standard InChI is InChI=1S/C12H11Cl2N3O3S2/c1-6-10(21-12(15-6)17-22(2,19)20)11(18)16-7-3-4-8(13)9(14)5-7/h3-5H,1-2H3,(H,15,17)(H,16,18). The predicted molar refractivity (Wildman–Crippen MR) is 89.7 cm³/mol. The molecule has 0 spiro atoms. The smallest absolute Gasteiger partial charge is 0.267 e. The molecule has 0 bridgehead atoms. The number of rotatable bonds is 4. The summed E-state index contributed by atoms with van der Waals surface area (Å²) in [5, 5.41) is 3.49. The number of sulfonamides is 1. The first kappa shape index (κ1) is 17.0. The average Bonchev–Trinajstić information content (AvgIpc) is 2.72. The highest BCUT2D eigenvalue weighted by Crippen LogP contribution is 2.27. The van der Waals surface area contributed by atoms with Crippen LogP contribution in [0.25, 0.3) is 0 Å². The third-order valence-electron chi connectivity index (χ3n) is 2.45. The second-order valence-electron chi connectivity index (χ2n) is 4.39. The summed E-state index contributed by atoms with van der Waals surface area (Å²) in [6.45, 7) is 1.62. The van der Waals surface area contributed by atoms with Crippen molar-refractivity contribution in [3.8, 4) is 0 Å². The summed E-state index contributed by atoms with van der Waals surface area (Å²) in [6, 6.07) is 4.70. The fourth-order valence-electron chi connectivity index (χ4n) is 1.57. The lowest BCUT2D eigenvalue weighted by Crippen LogP contribution is -2.11. The van der Waals surface area contributed by atoms with Crippen molar-refractivity contribution in [2.75, 3.05) is 16.3 Å². The van der Waals surface area contributed by atoms with E-state index >= 15 is 0 Å². The molecule has 2 N–H and O–H groups in total. The number of carbonyl (C=O) groups is 1. The van der Waals surface area contributed by atoms with Gasteiger partial charge in [0, 0.05) is 5.69 Å². The van der Waals surface area contributed by atoms with Gasteiger partial charge in [0.05, 0.1) is 22.0 Å². The van der Waals surface area contributed by atoms with Crippen LogP contribution in [0.1, 0.15) is 15.4 Å². The van der Waals surface area contributed by atoms with Gasteiger partial charge in [-0.3, -0.25) is 9.52 Å². The number of nitrogens with one attached hydrogen (secondary N) is 2. The number of aromatic nitrogens is 1. The molecule has 0 fully saturated rings. The summed E-state index contributed by atoms with van der Waals surface area (Å²) < 4.78 is 24.6. The Morgan fingerprint density at radius 2 is 1.95 bits per heavy atom. The lowest BCUT2D eigenvalue weighted by atomic mass is 10.3. The summed E-state index contributed by atoms with van der Waals surface area (Å²) in [7, 11) is -3.44. The molecule has 0 aliphatic rings. The van der Waals surface area contributed by atoms with E-state index < -0.39 is 15.9 Å². The first-order chi connectivity index (χ1) is 10.2. The highest BCUT2D eigenvalue weighted by molar-refractivity contribution is 7.92. The van der Waals surface area contributed by atoms with Crippen molar-refractivity contribution in [2.45, 2.75) is 6.92 Å². The Morgan fingerprint density at radius 1 is 1.27 bits per heavy atom. The van der Waals surface area contributed by atoms with Crippen molar-refractivity contribution in [3.05, 3.63) is 38.8 Å². The Labute approximate surface area is 141 Å².